The van der Waals surface area contributed by atoms with E-state index in [9.17, 15) is 0 Å². The second kappa shape index (κ2) is 7.10. The molecule has 1 N–H and O–H groups in total. The van der Waals surface area contributed by atoms with Crippen LogP contribution in [-0.2, 0) is 11.3 Å². The molecule has 2 rings (SSSR count). The van der Waals surface area contributed by atoms with E-state index in [1.165, 1.54) is 11.1 Å². The molecule has 0 aliphatic rings. The van der Waals surface area contributed by atoms with Crippen LogP contribution in [0.15, 0.2) is 30.6 Å². The first-order chi connectivity index (χ1) is 9.72. The van der Waals surface area contributed by atoms with Crippen molar-refractivity contribution in [3.63, 3.8) is 0 Å². The zero-order valence-electron chi connectivity index (χ0n) is 12.5. The van der Waals surface area contributed by atoms with Gasteiger partial charge in [-0.25, -0.2) is 4.98 Å². The van der Waals surface area contributed by atoms with E-state index in [0.29, 0.717) is 0 Å². The molecule has 108 valence electrons. The number of nitrogens with zero attached hydrogens (tertiary/aromatic N) is 2. The summed E-state index contributed by atoms with van der Waals surface area (Å²) in [6, 6.07) is 6.27. The number of anilines is 2. The number of hydrogen-bond acceptors (Lipinski definition) is 3. The highest BCUT2D eigenvalue weighted by Gasteiger charge is 2.06. The van der Waals surface area contributed by atoms with Gasteiger partial charge in [-0.2, -0.15) is 0 Å². The van der Waals surface area contributed by atoms with E-state index in [0.717, 1.165) is 37.8 Å². The summed E-state index contributed by atoms with van der Waals surface area (Å²) >= 11 is 0. The average molecular weight is 273 g/mol. The SMILES string of the molecule is CCOCCCn1ccnc1Nc1cccc(C)c1C. The summed E-state index contributed by atoms with van der Waals surface area (Å²) in [6.45, 7) is 8.74. The third-order valence-electron chi connectivity index (χ3n) is 3.46. The van der Waals surface area contributed by atoms with Crippen LogP contribution in [0.1, 0.15) is 24.5 Å². The van der Waals surface area contributed by atoms with Crippen molar-refractivity contribution >= 4 is 11.6 Å². The topological polar surface area (TPSA) is 39.1 Å². The van der Waals surface area contributed by atoms with Gasteiger partial charge in [0, 0.05) is 37.8 Å². The summed E-state index contributed by atoms with van der Waals surface area (Å²) < 4.78 is 7.50. The molecule has 0 unspecified atom stereocenters. The minimum atomic E-state index is 0.775. The van der Waals surface area contributed by atoms with Gasteiger partial charge in [-0.15, -0.1) is 0 Å². The Morgan fingerprint density at radius 2 is 2.15 bits per heavy atom. The molecular weight excluding hydrogens is 250 g/mol. The van der Waals surface area contributed by atoms with Crippen molar-refractivity contribution < 1.29 is 4.74 Å². The largest absolute Gasteiger partial charge is 0.382 e. The summed E-state index contributed by atoms with van der Waals surface area (Å²) in [7, 11) is 0. The van der Waals surface area contributed by atoms with Crippen LogP contribution in [-0.4, -0.2) is 22.8 Å². The number of ether oxygens (including phenoxy) is 1. The minimum Gasteiger partial charge on any atom is -0.382 e. The van der Waals surface area contributed by atoms with E-state index in [4.69, 9.17) is 4.74 Å². The van der Waals surface area contributed by atoms with Gasteiger partial charge < -0.3 is 14.6 Å². The standard InChI is InChI=1S/C16H23N3O/c1-4-20-12-6-10-19-11-9-17-16(19)18-15-8-5-7-13(2)14(15)3/h5,7-9,11H,4,6,10,12H2,1-3H3,(H,17,18). The summed E-state index contributed by atoms with van der Waals surface area (Å²) in [5, 5.41) is 3.41. The molecule has 0 aliphatic carbocycles. The predicted octanol–water partition coefficient (Wildman–Crippen LogP) is 3.67. The van der Waals surface area contributed by atoms with Gasteiger partial charge in [0.1, 0.15) is 0 Å². The number of aryl methyl sites for hydroxylation is 2. The Morgan fingerprint density at radius 1 is 1.30 bits per heavy atom. The lowest BCUT2D eigenvalue weighted by molar-refractivity contribution is 0.142. The summed E-state index contributed by atoms with van der Waals surface area (Å²) in [5.74, 6) is 0.884. The Labute approximate surface area is 120 Å². The van der Waals surface area contributed by atoms with E-state index >= 15 is 0 Å². The van der Waals surface area contributed by atoms with E-state index in [-0.39, 0.29) is 0 Å². The molecule has 0 spiro atoms. The van der Waals surface area contributed by atoms with Crippen molar-refractivity contribution in [1.82, 2.24) is 9.55 Å². The summed E-state index contributed by atoms with van der Waals surface area (Å²) in [6.07, 6.45) is 4.82. The first kappa shape index (κ1) is 14.6. The molecule has 1 heterocycles. The lowest BCUT2D eigenvalue weighted by Gasteiger charge is -2.13. The van der Waals surface area contributed by atoms with Crippen LogP contribution >= 0.6 is 0 Å². The zero-order chi connectivity index (χ0) is 14.4. The highest BCUT2D eigenvalue weighted by atomic mass is 16.5. The third-order valence-corrected chi connectivity index (χ3v) is 3.46. The summed E-state index contributed by atoms with van der Waals surface area (Å²) in [5.41, 5.74) is 3.66. The second-order valence-corrected chi connectivity index (χ2v) is 4.87. The smallest absolute Gasteiger partial charge is 0.207 e. The van der Waals surface area contributed by atoms with Gasteiger partial charge in [-0.05, 0) is 44.4 Å². The lowest BCUT2D eigenvalue weighted by Crippen LogP contribution is -2.06. The number of rotatable bonds is 7. The van der Waals surface area contributed by atoms with Crippen molar-refractivity contribution in [2.75, 3.05) is 18.5 Å². The molecule has 1 aromatic heterocycles. The molecule has 0 amide bonds. The van der Waals surface area contributed by atoms with Crippen molar-refractivity contribution in [2.24, 2.45) is 0 Å². The van der Waals surface area contributed by atoms with Gasteiger partial charge in [0.2, 0.25) is 5.95 Å². The Bertz CT molecular complexity index is 548. The number of imidazole rings is 1. The fourth-order valence-electron chi connectivity index (χ4n) is 2.10. The van der Waals surface area contributed by atoms with Crippen LogP contribution in [0.25, 0.3) is 0 Å². The van der Waals surface area contributed by atoms with Crippen LogP contribution in [0.3, 0.4) is 0 Å². The van der Waals surface area contributed by atoms with Gasteiger partial charge >= 0.3 is 0 Å². The first-order valence-corrected chi connectivity index (χ1v) is 7.14. The molecule has 0 fully saturated rings. The first-order valence-electron chi connectivity index (χ1n) is 7.14. The van der Waals surface area contributed by atoms with Crippen LogP contribution < -0.4 is 5.32 Å². The number of nitrogens with one attached hydrogen (secondary N) is 1. The molecule has 4 nitrogen and oxygen atoms in total. The number of hydrogen-bond donors (Lipinski definition) is 1. The van der Waals surface area contributed by atoms with Crippen molar-refractivity contribution in [3.8, 4) is 0 Å². The Hall–Kier alpha value is -1.81. The highest BCUT2D eigenvalue weighted by molar-refractivity contribution is 5.60. The maximum absolute atomic E-state index is 5.37. The van der Waals surface area contributed by atoms with Crippen molar-refractivity contribution in [3.05, 3.63) is 41.7 Å². The minimum absolute atomic E-state index is 0.775. The quantitative estimate of drug-likeness (QED) is 0.782. The monoisotopic (exact) mass is 273 g/mol. The lowest BCUT2D eigenvalue weighted by atomic mass is 10.1. The molecule has 0 radical (unpaired) electrons. The zero-order valence-corrected chi connectivity index (χ0v) is 12.5. The molecule has 4 heteroatoms. The molecule has 2 aromatic rings. The number of aromatic nitrogens is 2. The third kappa shape index (κ3) is 3.61. The van der Waals surface area contributed by atoms with E-state index in [1.807, 2.05) is 19.3 Å². The Kier molecular flexibility index (Phi) is 5.18. The molecule has 0 saturated carbocycles. The summed E-state index contributed by atoms with van der Waals surface area (Å²) in [4.78, 5) is 4.39. The molecular formula is C16H23N3O. The molecule has 20 heavy (non-hydrogen) atoms. The van der Waals surface area contributed by atoms with Gasteiger partial charge in [-0.3, -0.25) is 0 Å². The number of benzene rings is 1. The van der Waals surface area contributed by atoms with Crippen molar-refractivity contribution in [2.45, 2.75) is 33.7 Å². The highest BCUT2D eigenvalue weighted by Crippen LogP contribution is 2.21. The van der Waals surface area contributed by atoms with Gasteiger partial charge in [-0.1, -0.05) is 12.1 Å². The second-order valence-electron chi connectivity index (χ2n) is 4.87. The Balaban J connectivity index is 2.03. The fourth-order valence-corrected chi connectivity index (χ4v) is 2.10. The van der Waals surface area contributed by atoms with E-state index in [2.05, 4.69) is 46.9 Å². The average Bonchev–Trinajstić information content (AvgIpc) is 2.87. The van der Waals surface area contributed by atoms with Gasteiger partial charge in [0.15, 0.2) is 0 Å². The maximum Gasteiger partial charge on any atom is 0.207 e. The maximum atomic E-state index is 5.37. The van der Waals surface area contributed by atoms with E-state index in [1.54, 1.807) is 0 Å². The van der Waals surface area contributed by atoms with Crippen LogP contribution in [0.4, 0.5) is 11.6 Å². The van der Waals surface area contributed by atoms with Crippen LogP contribution in [0.5, 0.6) is 0 Å². The predicted molar refractivity (Wildman–Crippen MR) is 82.5 cm³/mol. The normalized spacial score (nSPS) is 10.8. The van der Waals surface area contributed by atoms with Gasteiger partial charge in [0.25, 0.3) is 0 Å². The van der Waals surface area contributed by atoms with Crippen LogP contribution in [0, 0.1) is 13.8 Å². The van der Waals surface area contributed by atoms with Crippen LogP contribution in [0.2, 0.25) is 0 Å². The molecule has 0 atom stereocenters. The van der Waals surface area contributed by atoms with Gasteiger partial charge in [0.05, 0.1) is 0 Å². The molecule has 0 aliphatic heterocycles. The van der Waals surface area contributed by atoms with Crippen molar-refractivity contribution in [1.29, 1.82) is 0 Å². The fraction of sp³-hybridized carbons (Fsp3) is 0.438. The molecule has 0 saturated heterocycles. The molecule has 0 bridgehead atoms. The Morgan fingerprint density at radius 3 is 2.95 bits per heavy atom. The van der Waals surface area contributed by atoms with E-state index < -0.39 is 0 Å². The molecule has 1 aromatic carbocycles.